The average Bonchev–Trinajstić information content (AvgIpc) is 2.27. The number of rotatable bonds is 4. The van der Waals surface area contributed by atoms with Gasteiger partial charge in [0.2, 0.25) is 0 Å². The van der Waals surface area contributed by atoms with Crippen LogP contribution in [0.25, 0.3) is 0 Å². The summed E-state index contributed by atoms with van der Waals surface area (Å²) in [7, 11) is 0. The van der Waals surface area contributed by atoms with Crippen molar-refractivity contribution >= 4 is 0 Å². The zero-order chi connectivity index (χ0) is 14.8. The van der Waals surface area contributed by atoms with Crippen LogP contribution >= 0.6 is 0 Å². The SMILES string of the molecule is CC(C)C(CN)C(F)c1ccc(C(F)(F)F)c(F)c1. The third-order valence-corrected chi connectivity index (χ3v) is 3.12. The Morgan fingerprint density at radius 2 is 1.79 bits per heavy atom. The van der Waals surface area contributed by atoms with Gasteiger partial charge in [0.05, 0.1) is 5.56 Å². The molecule has 0 aliphatic carbocycles. The summed E-state index contributed by atoms with van der Waals surface area (Å²) in [5, 5.41) is 0. The molecule has 0 amide bonds. The Bertz CT molecular complexity index is 428. The maximum Gasteiger partial charge on any atom is 0.419 e. The van der Waals surface area contributed by atoms with Crippen molar-refractivity contribution in [2.45, 2.75) is 26.2 Å². The van der Waals surface area contributed by atoms with Gasteiger partial charge in [-0.05, 0) is 30.2 Å². The van der Waals surface area contributed by atoms with Crippen LogP contribution in [0.3, 0.4) is 0 Å². The summed E-state index contributed by atoms with van der Waals surface area (Å²) in [6.45, 7) is 3.55. The van der Waals surface area contributed by atoms with Crippen molar-refractivity contribution in [2.75, 3.05) is 6.54 Å². The predicted molar refractivity (Wildman–Crippen MR) is 62.6 cm³/mol. The van der Waals surface area contributed by atoms with Gasteiger partial charge in [-0.3, -0.25) is 0 Å². The second kappa shape index (κ2) is 5.86. The van der Waals surface area contributed by atoms with E-state index in [1.54, 1.807) is 13.8 Å². The quantitative estimate of drug-likeness (QED) is 0.827. The van der Waals surface area contributed by atoms with Crippen molar-refractivity contribution in [3.8, 4) is 0 Å². The Labute approximate surface area is 108 Å². The van der Waals surface area contributed by atoms with Crippen molar-refractivity contribution in [3.05, 3.63) is 35.1 Å². The Morgan fingerprint density at radius 3 is 2.16 bits per heavy atom. The number of nitrogens with two attached hydrogens (primary N) is 1. The number of halogens is 5. The van der Waals surface area contributed by atoms with E-state index in [-0.39, 0.29) is 18.0 Å². The monoisotopic (exact) mass is 281 g/mol. The maximum atomic E-state index is 14.1. The van der Waals surface area contributed by atoms with Crippen LogP contribution in [0.2, 0.25) is 0 Å². The maximum absolute atomic E-state index is 14.1. The van der Waals surface area contributed by atoms with E-state index >= 15 is 0 Å². The molecular formula is C13H16F5N. The zero-order valence-electron chi connectivity index (χ0n) is 10.6. The van der Waals surface area contributed by atoms with E-state index in [4.69, 9.17) is 5.73 Å². The number of hydrogen-bond acceptors (Lipinski definition) is 1. The first-order valence-corrected chi connectivity index (χ1v) is 5.89. The molecule has 1 nitrogen and oxygen atoms in total. The molecule has 108 valence electrons. The lowest BCUT2D eigenvalue weighted by Crippen LogP contribution is -2.24. The highest BCUT2D eigenvalue weighted by Gasteiger charge is 2.35. The Kier molecular flexibility index (Phi) is 4.90. The van der Waals surface area contributed by atoms with Gasteiger partial charge in [-0.1, -0.05) is 19.9 Å². The van der Waals surface area contributed by atoms with Crippen molar-refractivity contribution in [1.29, 1.82) is 0 Å². The molecule has 1 aromatic carbocycles. The molecule has 0 bridgehead atoms. The minimum Gasteiger partial charge on any atom is -0.330 e. The molecule has 6 heteroatoms. The molecule has 0 saturated carbocycles. The third-order valence-electron chi connectivity index (χ3n) is 3.12. The first kappa shape index (κ1) is 15.9. The summed E-state index contributed by atoms with van der Waals surface area (Å²) in [4.78, 5) is 0. The molecule has 1 aromatic rings. The third kappa shape index (κ3) is 3.65. The highest BCUT2D eigenvalue weighted by atomic mass is 19.4. The average molecular weight is 281 g/mol. The van der Waals surface area contributed by atoms with Crippen molar-refractivity contribution < 1.29 is 22.0 Å². The van der Waals surface area contributed by atoms with Crippen LogP contribution in [-0.2, 0) is 6.18 Å². The first-order chi connectivity index (χ1) is 8.68. The lowest BCUT2D eigenvalue weighted by molar-refractivity contribution is -0.140. The van der Waals surface area contributed by atoms with Gasteiger partial charge in [-0.25, -0.2) is 8.78 Å². The molecular weight excluding hydrogens is 265 g/mol. The van der Waals surface area contributed by atoms with Crippen LogP contribution in [-0.4, -0.2) is 6.54 Å². The molecule has 0 radical (unpaired) electrons. The Hall–Kier alpha value is -1.17. The molecule has 1 rings (SSSR count). The molecule has 2 atom stereocenters. The van der Waals surface area contributed by atoms with Gasteiger partial charge in [-0.2, -0.15) is 13.2 Å². The summed E-state index contributed by atoms with van der Waals surface area (Å²) in [6.07, 6.45) is -6.36. The molecule has 0 aromatic heterocycles. The molecule has 19 heavy (non-hydrogen) atoms. The summed E-state index contributed by atoms with van der Waals surface area (Å²) in [5.41, 5.74) is 3.93. The van der Waals surface area contributed by atoms with E-state index in [2.05, 4.69) is 0 Å². The van der Waals surface area contributed by atoms with Crippen LogP contribution in [0.1, 0.15) is 31.1 Å². The number of hydrogen-bond donors (Lipinski definition) is 1. The highest BCUT2D eigenvalue weighted by molar-refractivity contribution is 5.28. The van der Waals surface area contributed by atoms with Gasteiger partial charge in [0, 0.05) is 5.92 Å². The lowest BCUT2D eigenvalue weighted by Gasteiger charge is -2.23. The van der Waals surface area contributed by atoms with E-state index < -0.39 is 29.6 Å². The minimum absolute atomic E-state index is 0.0431. The van der Waals surface area contributed by atoms with Crippen LogP contribution in [0.15, 0.2) is 18.2 Å². The van der Waals surface area contributed by atoms with Gasteiger partial charge in [-0.15, -0.1) is 0 Å². The lowest BCUT2D eigenvalue weighted by atomic mass is 9.87. The summed E-state index contributed by atoms with van der Waals surface area (Å²) in [5.74, 6) is -2.12. The van der Waals surface area contributed by atoms with E-state index in [0.29, 0.717) is 12.1 Å². The largest absolute Gasteiger partial charge is 0.419 e. The van der Waals surface area contributed by atoms with E-state index in [1.807, 2.05) is 0 Å². The fraction of sp³-hybridized carbons (Fsp3) is 0.538. The summed E-state index contributed by atoms with van der Waals surface area (Å²) >= 11 is 0. The zero-order valence-corrected chi connectivity index (χ0v) is 10.6. The van der Waals surface area contributed by atoms with Crippen LogP contribution in [0.4, 0.5) is 22.0 Å². The van der Waals surface area contributed by atoms with Gasteiger partial charge < -0.3 is 5.73 Å². The molecule has 0 saturated heterocycles. The smallest absolute Gasteiger partial charge is 0.330 e. The molecule has 2 unspecified atom stereocenters. The fourth-order valence-corrected chi connectivity index (χ4v) is 1.91. The number of alkyl halides is 4. The molecule has 0 fully saturated rings. The normalized spacial score (nSPS) is 15.6. The van der Waals surface area contributed by atoms with E-state index in [0.717, 1.165) is 6.07 Å². The predicted octanol–water partition coefficient (Wildman–Crippen LogP) is 4.09. The standard InChI is InChI=1S/C13H16F5N/c1-7(2)9(6-19)12(15)8-3-4-10(11(14)5-8)13(16,17)18/h3-5,7,9,12H,6,19H2,1-2H3. The Morgan fingerprint density at radius 1 is 1.21 bits per heavy atom. The van der Waals surface area contributed by atoms with Gasteiger partial charge >= 0.3 is 6.18 Å². The number of benzene rings is 1. The second-order valence-electron chi connectivity index (χ2n) is 4.78. The molecule has 2 N–H and O–H groups in total. The van der Waals surface area contributed by atoms with Crippen molar-refractivity contribution in [3.63, 3.8) is 0 Å². The highest BCUT2D eigenvalue weighted by Crippen LogP contribution is 2.35. The van der Waals surface area contributed by atoms with Crippen LogP contribution in [0, 0.1) is 17.7 Å². The van der Waals surface area contributed by atoms with E-state index in [9.17, 15) is 22.0 Å². The second-order valence-corrected chi connectivity index (χ2v) is 4.78. The molecule has 0 spiro atoms. The minimum atomic E-state index is -4.78. The summed E-state index contributed by atoms with van der Waals surface area (Å²) in [6, 6.07) is 2.12. The van der Waals surface area contributed by atoms with Crippen molar-refractivity contribution in [2.24, 2.45) is 17.6 Å². The van der Waals surface area contributed by atoms with Crippen molar-refractivity contribution in [1.82, 2.24) is 0 Å². The van der Waals surface area contributed by atoms with Gasteiger partial charge in [0.15, 0.2) is 0 Å². The van der Waals surface area contributed by atoms with Gasteiger partial charge in [0.1, 0.15) is 12.0 Å². The summed E-state index contributed by atoms with van der Waals surface area (Å²) < 4.78 is 64.6. The fourth-order valence-electron chi connectivity index (χ4n) is 1.91. The topological polar surface area (TPSA) is 26.0 Å². The Balaban J connectivity index is 3.07. The molecule has 0 heterocycles. The van der Waals surface area contributed by atoms with Crippen LogP contribution in [0.5, 0.6) is 0 Å². The van der Waals surface area contributed by atoms with Crippen LogP contribution < -0.4 is 5.73 Å². The molecule has 0 aliphatic heterocycles. The first-order valence-electron chi connectivity index (χ1n) is 5.89. The molecule has 0 aliphatic rings. The van der Waals surface area contributed by atoms with E-state index in [1.165, 1.54) is 0 Å². The van der Waals surface area contributed by atoms with Gasteiger partial charge in [0.25, 0.3) is 0 Å².